The quantitative estimate of drug-likeness (QED) is 0.833. The molecule has 22 heavy (non-hydrogen) atoms. The highest BCUT2D eigenvalue weighted by atomic mass is 32.2. The van der Waals surface area contributed by atoms with Gasteiger partial charge in [-0.15, -0.1) is 5.10 Å². The highest BCUT2D eigenvalue weighted by Crippen LogP contribution is 2.32. The largest absolute Gasteiger partial charge is 0.279 e. The molecular weight excluding hydrogens is 306 g/mol. The average molecular weight is 327 g/mol. The van der Waals surface area contributed by atoms with E-state index in [1.807, 2.05) is 0 Å². The van der Waals surface area contributed by atoms with Crippen molar-refractivity contribution in [3.8, 4) is 0 Å². The zero-order valence-electron chi connectivity index (χ0n) is 12.4. The van der Waals surface area contributed by atoms with Gasteiger partial charge in [-0.2, -0.15) is 4.98 Å². The predicted molar refractivity (Wildman–Crippen MR) is 80.6 cm³/mol. The van der Waals surface area contributed by atoms with E-state index in [2.05, 4.69) is 15.2 Å². The molecule has 1 aliphatic heterocycles. The second-order valence-electron chi connectivity index (χ2n) is 6.26. The first-order valence-electron chi connectivity index (χ1n) is 7.65. The lowest BCUT2D eigenvalue weighted by molar-refractivity contribution is -0.117. The summed E-state index contributed by atoms with van der Waals surface area (Å²) in [5.74, 6) is 0.935. The molecule has 3 rings (SSSR count). The lowest BCUT2D eigenvalue weighted by Gasteiger charge is -2.18. The summed E-state index contributed by atoms with van der Waals surface area (Å²) in [5.41, 5.74) is 0. The Morgan fingerprint density at radius 1 is 1.27 bits per heavy atom. The maximum absolute atomic E-state index is 12.1. The molecule has 8 nitrogen and oxygen atoms in total. The van der Waals surface area contributed by atoms with Gasteiger partial charge in [0.15, 0.2) is 0 Å². The Kier molecular flexibility index (Phi) is 4.18. The van der Waals surface area contributed by atoms with Gasteiger partial charge in [-0.05, 0) is 12.8 Å². The van der Waals surface area contributed by atoms with Crippen molar-refractivity contribution in [3.05, 3.63) is 5.82 Å². The number of sulfonamides is 1. The summed E-state index contributed by atoms with van der Waals surface area (Å²) in [5, 5.41) is 12.1. The number of aromatic amines is 1. The van der Waals surface area contributed by atoms with E-state index in [4.69, 9.17) is 5.14 Å². The zero-order chi connectivity index (χ0) is 15.7. The third kappa shape index (κ3) is 3.46. The van der Waals surface area contributed by atoms with Crippen LogP contribution in [0.25, 0.3) is 0 Å². The topological polar surface area (TPSA) is 122 Å². The van der Waals surface area contributed by atoms with Crippen molar-refractivity contribution in [1.29, 1.82) is 0 Å². The molecule has 2 aliphatic rings. The molecular formula is C13H21N5O3S. The summed E-state index contributed by atoms with van der Waals surface area (Å²) in [6.07, 6.45) is 6.01. The standard InChI is InChI=1S/C13H21N5O3S/c14-22(20,21)8-9-6-11(19)18(7-9)13-15-12(16-17-13)10-4-2-1-3-5-10/h9-10H,1-8H2,(H2,14,20,21)(H,15,16,17). The summed E-state index contributed by atoms with van der Waals surface area (Å²) in [6.45, 7) is 0.303. The number of carbonyl (C=O) groups excluding carboxylic acids is 1. The van der Waals surface area contributed by atoms with E-state index in [-0.39, 0.29) is 24.0 Å². The molecule has 1 saturated carbocycles. The first kappa shape index (κ1) is 15.4. The van der Waals surface area contributed by atoms with Crippen LogP contribution in [0.4, 0.5) is 5.95 Å². The van der Waals surface area contributed by atoms with E-state index >= 15 is 0 Å². The van der Waals surface area contributed by atoms with Gasteiger partial charge in [0.1, 0.15) is 5.82 Å². The number of carbonyl (C=O) groups is 1. The zero-order valence-corrected chi connectivity index (χ0v) is 13.2. The van der Waals surface area contributed by atoms with Crippen LogP contribution in [-0.4, -0.2) is 41.8 Å². The normalized spacial score (nSPS) is 24.1. The van der Waals surface area contributed by atoms with E-state index in [0.29, 0.717) is 18.4 Å². The molecule has 1 aromatic rings. The minimum absolute atomic E-state index is 0.150. The number of anilines is 1. The molecule has 3 N–H and O–H groups in total. The average Bonchev–Trinajstić information content (AvgIpc) is 3.05. The molecule has 2 fully saturated rings. The minimum atomic E-state index is -3.58. The summed E-state index contributed by atoms with van der Waals surface area (Å²) >= 11 is 0. The smallest absolute Gasteiger partial charge is 0.251 e. The second kappa shape index (κ2) is 5.96. The van der Waals surface area contributed by atoms with Crippen LogP contribution in [-0.2, 0) is 14.8 Å². The van der Waals surface area contributed by atoms with Gasteiger partial charge in [0.05, 0.1) is 5.75 Å². The number of amides is 1. The van der Waals surface area contributed by atoms with E-state index in [0.717, 1.165) is 18.7 Å². The van der Waals surface area contributed by atoms with E-state index in [1.165, 1.54) is 24.2 Å². The first-order chi connectivity index (χ1) is 10.4. The molecule has 0 bridgehead atoms. The first-order valence-corrected chi connectivity index (χ1v) is 9.37. The number of nitrogens with one attached hydrogen (secondary N) is 1. The SMILES string of the molecule is NS(=O)(=O)CC1CC(=O)N(c2n[nH]c(C3CCCCC3)n2)C1. The Balaban J connectivity index is 1.69. The summed E-state index contributed by atoms with van der Waals surface area (Å²) in [7, 11) is -3.58. The summed E-state index contributed by atoms with van der Waals surface area (Å²) in [6, 6.07) is 0. The van der Waals surface area contributed by atoms with Crippen molar-refractivity contribution in [2.75, 3.05) is 17.2 Å². The Morgan fingerprint density at radius 2 is 2.00 bits per heavy atom. The van der Waals surface area contributed by atoms with Gasteiger partial charge >= 0.3 is 0 Å². The van der Waals surface area contributed by atoms with Crippen LogP contribution >= 0.6 is 0 Å². The van der Waals surface area contributed by atoms with Crippen molar-refractivity contribution >= 4 is 21.9 Å². The van der Waals surface area contributed by atoms with Crippen LogP contribution in [0.3, 0.4) is 0 Å². The fraction of sp³-hybridized carbons (Fsp3) is 0.769. The van der Waals surface area contributed by atoms with Crippen LogP contribution in [0.2, 0.25) is 0 Å². The van der Waals surface area contributed by atoms with Gasteiger partial charge in [-0.3, -0.25) is 14.8 Å². The maximum Gasteiger partial charge on any atom is 0.251 e. The number of nitrogens with two attached hydrogens (primary N) is 1. The van der Waals surface area contributed by atoms with Crippen molar-refractivity contribution < 1.29 is 13.2 Å². The molecule has 0 radical (unpaired) electrons. The van der Waals surface area contributed by atoms with Crippen molar-refractivity contribution in [2.24, 2.45) is 11.1 Å². The Bertz CT molecular complexity index is 650. The molecule has 1 unspecified atom stereocenters. The number of hydrogen-bond acceptors (Lipinski definition) is 5. The molecule has 9 heteroatoms. The van der Waals surface area contributed by atoms with Crippen LogP contribution < -0.4 is 10.0 Å². The fourth-order valence-corrected chi connectivity index (χ4v) is 4.24. The molecule has 0 aromatic carbocycles. The summed E-state index contributed by atoms with van der Waals surface area (Å²) < 4.78 is 22.3. The Labute approximate surface area is 129 Å². The van der Waals surface area contributed by atoms with Crippen LogP contribution in [0.1, 0.15) is 50.3 Å². The third-order valence-electron chi connectivity index (χ3n) is 4.40. The number of nitrogens with zero attached hydrogens (tertiary/aromatic N) is 3. The van der Waals surface area contributed by atoms with Crippen LogP contribution in [0, 0.1) is 5.92 Å². The number of hydrogen-bond donors (Lipinski definition) is 2. The molecule has 1 atom stereocenters. The molecule has 1 aromatic heterocycles. The molecule has 1 saturated heterocycles. The Hall–Kier alpha value is -1.48. The maximum atomic E-state index is 12.1. The molecule has 122 valence electrons. The highest BCUT2D eigenvalue weighted by molar-refractivity contribution is 7.89. The second-order valence-corrected chi connectivity index (χ2v) is 7.92. The number of rotatable bonds is 4. The van der Waals surface area contributed by atoms with E-state index in [1.54, 1.807) is 0 Å². The minimum Gasteiger partial charge on any atom is -0.279 e. The predicted octanol–water partition coefficient (Wildman–Crippen LogP) is 0.494. The third-order valence-corrected chi connectivity index (χ3v) is 5.33. The van der Waals surface area contributed by atoms with Crippen molar-refractivity contribution in [1.82, 2.24) is 15.2 Å². The van der Waals surface area contributed by atoms with Gasteiger partial charge in [0, 0.05) is 24.8 Å². The monoisotopic (exact) mass is 327 g/mol. The molecule has 2 heterocycles. The van der Waals surface area contributed by atoms with Crippen molar-refractivity contribution in [3.63, 3.8) is 0 Å². The Morgan fingerprint density at radius 3 is 2.68 bits per heavy atom. The van der Waals surface area contributed by atoms with Crippen LogP contribution in [0.15, 0.2) is 0 Å². The van der Waals surface area contributed by atoms with E-state index in [9.17, 15) is 13.2 Å². The van der Waals surface area contributed by atoms with Crippen molar-refractivity contribution in [2.45, 2.75) is 44.4 Å². The van der Waals surface area contributed by atoms with Gasteiger partial charge in [-0.25, -0.2) is 13.6 Å². The highest BCUT2D eigenvalue weighted by Gasteiger charge is 2.35. The van der Waals surface area contributed by atoms with Gasteiger partial charge in [0.25, 0.3) is 5.95 Å². The molecule has 1 aliphatic carbocycles. The molecule has 1 amide bonds. The molecule has 0 spiro atoms. The lowest BCUT2D eigenvalue weighted by Crippen LogP contribution is -2.28. The number of H-pyrrole nitrogens is 1. The van der Waals surface area contributed by atoms with Gasteiger partial charge < -0.3 is 0 Å². The summed E-state index contributed by atoms with van der Waals surface area (Å²) in [4.78, 5) is 18.0. The lowest BCUT2D eigenvalue weighted by atomic mass is 9.89. The van der Waals surface area contributed by atoms with Gasteiger partial charge in [-0.1, -0.05) is 19.3 Å². The van der Waals surface area contributed by atoms with Gasteiger partial charge in [0.2, 0.25) is 15.9 Å². The number of primary sulfonamides is 1. The fourth-order valence-electron chi connectivity index (χ4n) is 3.36. The number of aromatic nitrogens is 3. The van der Waals surface area contributed by atoms with Crippen LogP contribution in [0.5, 0.6) is 0 Å². The van der Waals surface area contributed by atoms with E-state index < -0.39 is 10.0 Å².